The Morgan fingerprint density at radius 2 is 2.09 bits per heavy atom. The number of nitrogens with two attached hydrogens (primary N) is 1. The fraction of sp³-hybridized carbons (Fsp3) is 0.562. The number of carbonyl (C=O) groups is 1. The van der Waals surface area contributed by atoms with E-state index >= 15 is 0 Å². The molecule has 0 amide bonds. The van der Waals surface area contributed by atoms with Crippen molar-refractivity contribution in [2.45, 2.75) is 38.7 Å². The van der Waals surface area contributed by atoms with Crippen molar-refractivity contribution in [3.63, 3.8) is 0 Å². The molecule has 0 radical (unpaired) electrons. The second-order valence-electron chi connectivity index (χ2n) is 6.42. The lowest BCUT2D eigenvalue weighted by Crippen LogP contribution is -2.86. The molecule has 0 atom stereocenters. The summed E-state index contributed by atoms with van der Waals surface area (Å²) in [6.07, 6.45) is 1.93. The number of benzene rings is 1. The number of halogens is 1. The Morgan fingerprint density at radius 3 is 2.70 bits per heavy atom. The van der Waals surface area contributed by atoms with Crippen LogP contribution < -0.4 is 5.32 Å². The molecule has 0 aliphatic carbocycles. The Bertz CT molecular complexity index is 598. The minimum absolute atomic E-state index is 0.0682. The van der Waals surface area contributed by atoms with Gasteiger partial charge in [0.1, 0.15) is 5.60 Å². The van der Waals surface area contributed by atoms with Gasteiger partial charge in [0.25, 0.3) is 5.69 Å². The predicted octanol–water partition coefficient (Wildman–Crippen LogP) is 2.20. The Morgan fingerprint density at radius 1 is 1.43 bits per heavy atom. The third-order valence-corrected chi connectivity index (χ3v) is 4.87. The zero-order valence-electron chi connectivity index (χ0n) is 13.4. The van der Waals surface area contributed by atoms with Crippen LogP contribution in [0.2, 0.25) is 0 Å². The van der Waals surface area contributed by atoms with Crippen LogP contribution in [0.5, 0.6) is 0 Å². The van der Waals surface area contributed by atoms with Crippen LogP contribution in [0, 0.1) is 16.0 Å². The van der Waals surface area contributed by atoms with E-state index in [-0.39, 0.29) is 12.1 Å². The van der Waals surface area contributed by atoms with Gasteiger partial charge >= 0.3 is 5.97 Å². The topological polar surface area (TPSA) is 86.0 Å². The molecule has 7 heteroatoms. The molecule has 1 saturated heterocycles. The van der Waals surface area contributed by atoms with Crippen LogP contribution in [0.25, 0.3) is 0 Å². The molecule has 2 N–H and O–H groups in total. The van der Waals surface area contributed by atoms with Gasteiger partial charge in [0.2, 0.25) is 0 Å². The summed E-state index contributed by atoms with van der Waals surface area (Å²) >= 11 is 3.21. The lowest BCUT2D eigenvalue weighted by molar-refractivity contribution is -0.665. The van der Waals surface area contributed by atoms with Crippen LogP contribution in [0.1, 0.15) is 32.3 Å². The average molecular weight is 386 g/mol. The van der Waals surface area contributed by atoms with Crippen molar-refractivity contribution in [2.75, 3.05) is 13.1 Å². The number of ether oxygens (including phenoxy) is 1. The van der Waals surface area contributed by atoms with Gasteiger partial charge in [-0.2, -0.15) is 0 Å². The van der Waals surface area contributed by atoms with Crippen molar-refractivity contribution >= 4 is 27.6 Å². The lowest BCUT2D eigenvalue weighted by Gasteiger charge is -2.35. The Hall–Kier alpha value is -1.47. The van der Waals surface area contributed by atoms with Crippen molar-refractivity contribution in [1.82, 2.24) is 0 Å². The molecule has 0 aromatic heterocycles. The van der Waals surface area contributed by atoms with Gasteiger partial charge in [-0.15, -0.1) is 0 Å². The van der Waals surface area contributed by atoms with E-state index in [2.05, 4.69) is 21.2 Å². The molecule has 0 unspecified atom stereocenters. The first-order chi connectivity index (χ1) is 10.8. The molecule has 1 aliphatic heterocycles. The monoisotopic (exact) mass is 385 g/mol. The number of nitro groups is 1. The molecule has 0 spiro atoms. The molecule has 1 aromatic carbocycles. The van der Waals surface area contributed by atoms with E-state index in [0.29, 0.717) is 16.0 Å². The molecule has 126 valence electrons. The molecule has 0 bridgehead atoms. The summed E-state index contributed by atoms with van der Waals surface area (Å²) in [5, 5.41) is 13.4. The van der Waals surface area contributed by atoms with E-state index < -0.39 is 16.5 Å². The smallest absolute Gasteiger partial charge is 0.311 e. The summed E-state index contributed by atoms with van der Waals surface area (Å²) in [5.41, 5.74) is -0.243. The number of esters is 1. The van der Waals surface area contributed by atoms with Crippen LogP contribution in [0.3, 0.4) is 0 Å². The standard InChI is InChI=1S/C16H21BrN2O4/c1-16(2,12-5-7-18-8-6-12)23-15(20)9-11-3-4-13(17)10-14(11)19(21)22/h3-4,10,12,18H,5-9H2,1-2H3/p+1. The van der Waals surface area contributed by atoms with Gasteiger partial charge < -0.3 is 10.1 Å². The SMILES string of the molecule is CC(C)(OC(=O)Cc1ccc(Br)cc1[N+](=O)[O-])C1CC[NH2+]CC1. The zero-order chi connectivity index (χ0) is 17.0. The van der Waals surface area contributed by atoms with Crippen molar-refractivity contribution in [3.05, 3.63) is 38.3 Å². The summed E-state index contributed by atoms with van der Waals surface area (Å²) in [5.74, 6) is -0.0914. The second-order valence-corrected chi connectivity index (χ2v) is 7.34. The molecular weight excluding hydrogens is 364 g/mol. The van der Waals surface area contributed by atoms with Gasteiger partial charge in [0, 0.05) is 34.9 Å². The molecule has 1 aliphatic rings. The quantitative estimate of drug-likeness (QED) is 0.478. The van der Waals surface area contributed by atoms with Gasteiger partial charge in [-0.3, -0.25) is 14.9 Å². The lowest BCUT2D eigenvalue weighted by atomic mass is 9.83. The van der Waals surface area contributed by atoms with Crippen molar-refractivity contribution in [2.24, 2.45) is 5.92 Å². The average Bonchev–Trinajstić information content (AvgIpc) is 2.49. The maximum atomic E-state index is 12.3. The molecule has 23 heavy (non-hydrogen) atoms. The van der Waals surface area contributed by atoms with E-state index in [4.69, 9.17) is 4.74 Å². The van der Waals surface area contributed by atoms with E-state index in [0.717, 1.165) is 25.9 Å². The predicted molar refractivity (Wildman–Crippen MR) is 89.1 cm³/mol. The third kappa shape index (κ3) is 4.75. The Labute approximate surface area is 143 Å². The first-order valence-corrected chi connectivity index (χ1v) is 8.55. The molecule has 6 nitrogen and oxygen atoms in total. The summed E-state index contributed by atoms with van der Waals surface area (Å²) in [4.78, 5) is 22.9. The fourth-order valence-electron chi connectivity index (χ4n) is 3.05. The van der Waals surface area contributed by atoms with Gasteiger partial charge in [-0.1, -0.05) is 22.0 Å². The molecule has 0 saturated carbocycles. The molecular formula is C16H22BrN2O4+. The third-order valence-electron chi connectivity index (χ3n) is 4.38. The second kappa shape index (κ2) is 7.40. The number of hydrogen-bond donors (Lipinski definition) is 1. The Kier molecular flexibility index (Phi) is 5.75. The van der Waals surface area contributed by atoms with Crippen LogP contribution in [0.4, 0.5) is 5.69 Å². The van der Waals surface area contributed by atoms with Crippen LogP contribution in [-0.4, -0.2) is 29.6 Å². The Balaban J connectivity index is 2.06. The number of rotatable bonds is 5. The fourth-order valence-corrected chi connectivity index (χ4v) is 3.40. The van der Waals surface area contributed by atoms with Gasteiger partial charge in [-0.25, -0.2) is 0 Å². The first-order valence-electron chi connectivity index (χ1n) is 7.76. The number of carbonyl (C=O) groups excluding carboxylic acids is 1. The van der Waals surface area contributed by atoms with Gasteiger partial charge in [0.05, 0.1) is 24.4 Å². The molecule has 1 fully saturated rings. The largest absolute Gasteiger partial charge is 0.459 e. The normalized spacial score (nSPS) is 16.1. The van der Waals surface area contributed by atoms with E-state index in [1.807, 2.05) is 13.8 Å². The number of nitrogens with zero attached hydrogens (tertiary/aromatic N) is 1. The molecule has 1 heterocycles. The van der Waals surface area contributed by atoms with Crippen LogP contribution in [-0.2, 0) is 16.0 Å². The van der Waals surface area contributed by atoms with Gasteiger partial charge in [-0.05, 0) is 19.9 Å². The summed E-state index contributed by atoms with van der Waals surface area (Å²) in [6.45, 7) is 5.95. The van der Waals surface area contributed by atoms with Crippen LogP contribution in [0.15, 0.2) is 22.7 Å². The number of hydrogen-bond acceptors (Lipinski definition) is 4. The number of nitro benzene ring substituents is 1. The summed E-state index contributed by atoms with van der Waals surface area (Å²) in [6, 6.07) is 4.69. The van der Waals surface area contributed by atoms with Gasteiger partial charge in [0.15, 0.2) is 0 Å². The summed E-state index contributed by atoms with van der Waals surface area (Å²) in [7, 11) is 0. The highest BCUT2D eigenvalue weighted by Gasteiger charge is 2.35. The van der Waals surface area contributed by atoms with E-state index in [9.17, 15) is 14.9 Å². The van der Waals surface area contributed by atoms with Crippen molar-refractivity contribution in [1.29, 1.82) is 0 Å². The van der Waals surface area contributed by atoms with Crippen molar-refractivity contribution < 1.29 is 19.8 Å². The van der Waals surface area contributed by atoms with Crippen molar-refractivity contribution in [3.8, 4) is 0 Å². The molecule has 1 aromatic rings. The van der Waals surface area contributed by atoms with E-state index in [1.54, 1.807) is 12.1 Å². The number of piperidine rings is 1. The zero-order valence-corrected chi connectivity index (χ0v) is 15.0. The minimum atomic E-state index is -0.546. The highest BCUT2D eigenvalue weighted by atomic mass is 79.9. The maximum absolute atomic E-state index is 12.3. The highest BCUT2D eigenvalue weighted by molar-refractivity contribution is 9.10. The maximum Gasteiger partial charge on any atom is 0.311 e. The summed E-state index contributed by atoms with van der Waals surface area (Å²) < 4.78 is 6.27. The van der Waals surface area contributed by atoms with Crippen LogP contribution >= 0.6 is 15.9 Å². The first kappa shape index (κ1) is 17.9. The number of quaternary nitrogens is 1. The highest BCUT2D eigenvalue weighted by Crippen LogP contribution is 2.29. The minimum Gasteiger partial charge on any atom is -0.459 e. The molecule has 2 rings (SSSR count). The van der Waals surface area contributed by atoms with E-state index in [1.165, 1.54) is 6.07 Å².